The van der Waals surface area contributed by atoms with Crippen LogP contribution < -0.4 is 10.2 Å². The van der Waals surface area contributed by atoms with Gasteiger partial charge in [0.05, 0.1) is 12.1 Å². The number of thiazole rings is 1. The number of carbonyl (C=O) groups is 1. The van der Waals surface area contributed by atoms with E-state index in [1.165, 1.54) is 6.33 Å². The number of imidazole rings is 1. The normalized spacial score (nSPS) is 15.6. The van der Waals surface area contributed by atoms with E-state index < -0.39 is 0 Å². The lowest BCUT2D eigenvalue weighted by atomic mass is 10.3. The number of hydrogen-bond acceptors (Lipinski definition) is 7. The van der Waals surface area contributed by atoms with E-state index in [-0.39, 0.29) is 12.3 Å². The second-order valence-corrected chi connectivity index (χ2v) is 6.97. The largest absolute Gasteiger partial charge is 0.354 e. The number of anilines is 2. The summed E-state index contributed by atoms with van der Waals surface area (Å²) >= 11 is 1.55. The first kappa shape index (κ1) is 16.0. The highest BCUT2D eigenvalue weighted by molar-refractivity contribution is 7.15. The molecule has 8 nitrogen and oxygen atoms in total. The molecule has 0 bridgehead atoms. The Kier molecular flexibility index (Phi) is 4.33. The van der Waals surface area contributed by atoms with Crippen molar-refractivity contribution >= 4 is 33.8 Å². The molecule has 1 aliphatic rings. The SMILES string of the molecule is CN1CCN(c2cc(NC(=O)Cc3cn4ccsc4n3)ncn2)CC1. The van der Waals surface area contributed by atoms with Crippen molar-refractivity contribution in [2.75, 3.05) is 43.4 Å². The molecular formula is C16H19N7OS. The van der Waals surface area contributed by atoms with E-state index in [2.05, 4.69) is 37.1 Å². The molecule has 3 aromatic rings. The van der Waals surface area contributed by atoms with Gasteiger partial charge in [-0.2, -0.15) is 0 Å². The van der Waals surface area contributed by atoms with Gasteiger partial charge >= 0.3 is 0 Å². The van der Waals surface area contributed by atoms with E-state index in [9.17, 15) is 4.79 Å². The fraction of sp³-hybridized carbons (Fsp3) is 0.375. The number of nitrogens with zero attached hydrogens (tertiary/aromatic N) is 6. The molecule has 4 heterocycles. The molecule has 1 N–H and O–H groups in total. The van der Waals surface area contributed by atoms with E-state index >= 15 is 0 Å². The molecule has 0 spiro atoms. The lowest BCUT2D eigenvalue weighted by Crippen LogP contribution is -2.44. The summed E-state index contributed by atoms with van der Waals surface area (Å²) in [5.74, 6) is 1.24. The molecule has 0 unspecified atom stereocenters. The van der Waals surface area contributed by atoms with E-state index in [0.29, 0.717) is 5.82 Å². The average Bonchev–Trinajstić information content (AvgIpc) is 3.17. The third-order valence-electron chi connectivity index (χ3n) is 4.23. The number of hydrogen-bond donors (Lipinski definition) is 1. The minimum atomic E-state index is -0.131. The summed E-state index contributed by atoms with van der Waals surface area (Å²) < 4.78 is 1.92. The molecule has 25 heavy (non-hydrogen) atoms. The number of piperazine rings is 1. The molecule has 0 aromatic carbocycles. The molecule has 0 saturated carbocycles. The summed E-state index contributed by atoms with van der Waals surface area (Å²) in [5.41, 5.74) is 0.748. The zero-order valence-corrected chi connectivity index (χ0v) is 14.7. The number of amides is 1. The van der Waals surface area contributed by atoms with Crippen LogP contribution in [0.25, 0.3) is 4.96 Å². The first-order valence-corrected chi connectivity index (χ1v) is 9.02. The molecule has 3 aromatic heterocycles. The molecule has 4 rings (SSSR count). The fourth-order valence-electron chi connectivity index (χ4n) is 2.84. The van der Waals surface area contributed by atoms with Crippen LogP contribution in [0.3, 0.4) is 0 Å². The summed E-state index contributed by atoms with van der Waals surface area (Å²) in [6.45, 7) is 3.85. The van der Waals surface area contributed by atoms with Gasteiger partial charge in [-0.3, -0.25) is 9.20 Å². The van der Waals surface area contributed by atoms with Crippen LogP contribution in [-0.4, -0.2) is 63.4 Å². The topological polar surface area (TPSA) is 78.7 Å². The van der Waals surface area contributed by atoms with Crippen LogP contribution in [0.15, 0.2) is 30.2 Å². The van der Waals surface area contributed by atoms with Crippen molar-refractivity contribution in [2.45, 2.75) is 6.42 Å². The third kappa shape index (κ3) is 3.62. The van der Waals surface area contributed by atoms with Gasteiger partial charge < -0.3 is 15.1 Å². The number of nitrogens with one attached hydrogen (secondary N) is 1. The second-order valence-electron chi connectivity index (χ2n) is 6.10. The highest BCUT2D eigenvalue weighted by Gasteiger charge is 2.16. The highest BCUT2D eigenvalue weighted by Crippen LogP contribution is 2.16. The van der Waals surface area contributed by atoms with Crippen LogP contribution in [0.1, 0.15) is 5.69 Å². The fourth-order valence-corrected chi connectivity index (χ4v) is 3.56. The summed E-state index contributed by atoms with van der Waals surface area (Å²) in [6.07, 6.45) is 5.53. The second kappa shape index (κ2) is 6.77. The predicted octanol–water partition coefficient (Wildman–Crippen LogP) is 1.12. The molecule has 0 aliphatic carbocycles. The van der Waals surface area contributed by atoms with Gasteiger partial charge in [0, 0.05) is 50.0 Å². The van der Waals surface area contributed by atoms with Gasteiger partial charge in [0.25, 0.3) is 0 Å². The maximum Gasteiger partial charge on any atom is 0.231 e. The van der Waals surface area contributed by atoms with Crippen molar-refractivity contribution in [3.8, 4) is 0 Å². The Morgan fingerprint density at radius 3 is 2.92 bits per heavy atom. The van der Waals surface area contributed by atoms with Gasteiger partial charge in [0.15, 0.2) is 4.96 Å². The minimum Gasteiger partial charge on any atom is -0.354 e. The van der Waals surface area contributed by atoms with Crippen LogP contribution >= 0.6 is 11.3 Å². The molecule has 1 fully saturated rings. The quantitative estimate of drug-likeness (QED) is 0.754. The maximum atomic E-state index is 12.3. The summed E-state index contributed by atoms with van der Waals surface area (Å²) in [7, 11) is 2.11. The Balaban J connectivity index is 1.40. The molecule has 1 amide bonds. The monoisotopic (exact) mass is 357 g/mol. The van der Waals surface area contributed by atoms with Gasteiger partial charge in [0.2, 0.25) is 5.91 Å². The molecule has 9 heteroatoms. The van der Waals surface area contributed by atoms with Crippen molar-refractivity contribution < 1.29 is 4.79 Å². The maximum absolute atomic E-state index is 12.3. The number of aromatic nitrogens is 4. The van der Waals surface area contributed by atoms with Crippen LogP contribution in [0, 0.1) is 0 Å². The van der Waals surface area contributed by atoms with E-state index in [1.807, 2.05) is 28.2 Å². The highest BCUT2D eigenvalue weighted by atomic mass is 32.1. The zero-order valence-electron chi connectivity index (χ0n) is 13.9. The molecule has 130 valence electrons. The van der Waals surface area contributed by atoms with E-state index in [0.717, 1.165) is 42.7 Å². The van der Waals surface area contributed by atoms with Crippen LogP contribution in [-0.2, 0) is 11.2 Å². The zero-order chi connectivity index (χ0) is 17.2. The van der Waals surface area contributed by atoms with E-state index in [4.69, 9.17) is 0 Å². The van der Waals surface area contributed by atoms with E-state index in [1.54, 1.807) is 11.3 Å². The van der Waals surface area contributed by atoms with Gasteiger partial charge in [-0.15, -0.1) is 11.3 Å². The average molecular weight is 357 g/mol. The van der Waals surface area contributed by atoms with Crippen molar-refractivity contribution in [1.82, 2.24) is 24.3 Å². The van der Waals surface area contributed by atoms with Gasteiger partial charge in [-0.1, -0.05) is 0 Å². The van der Waals surface area contributed by atoms with Gasteiger partial charge in [0.1, 0.15) is 18.0 Å². The molecule has 0 radical (unpaired) electrons. The summed E-state index contributed by atoms with van der Waals surface area (Å²) in [5, 5.41) is 4.81. The number of fused-ring (bicyclic) bond motifs is 1. The van der Waals surface area contributed by atoms with Crippen molar-refractivity contribution in [1.29, 1.82) is 0 Å². The Labute approximate surface area is 149 Å². The number of rotatable bonds is 4. The Morgan fingerprint density at radius 2 is 2.12 bits per heavy atom. The lowest BCUT2D eigenvalue weighted by molar-refractivity contribution is -0.115. The molecule has 1 saturated heterocycles. The van der Waals surface area contributed by atoms with Gasteiger partial charge in [-0.05, 0) is 7.05 Å². The van der Waals surface area contributed by atoms with Crippen molar-refractivity contribution in [2.24, 2.45) is 0 Å². The summed E-state index contributed by atoms with van der Waals surface area (Å²) in [6, 6.07) is 1.83. The Morgan fingerprint density at radius 1 is 1.28 bits per heavy atom. The first-order chi connectivity index (χ1) is 12.2. The number of likely N-dealkylation sites (N-methyl/N-ethyl adjacent to an activating group) is 1. The first-order valence-electron chi connectivity index (χ1n) is 8.14. The van der Waals surface area contributed by atoms with Crippen LogP contribution in [0.4, 0.5) is 11.6 Å². The minimum absolute atomic E-state index is 0.131. The molecule has 0 atom stereocenters. The molecule has 1 aliphatic heterocycles. The Bertz CT molecular complexity index is 853. The van der Waals surface area contributed by atoms with Crippen LogP contribution in [0.5, 0.6) is 0 Å². The lowest BCUT2D eigenvalue weighted by Gasteiger charge is -2.33. The van der Waals surface area contributed by atoms with Gasteiger partial charge in [-0.25, -0.2) is 15.0 Å². The standard InChI is InChI=1S/C16H19N7OS/c1-21-2-4-22(5-3-21)14-9-13(17-11-18-14)20-15(24)8-12-10-23-6-7-25-16(23)19-12/h6-7,9-11H,2-5,8H2,1H3,(H,17,18,20,24). The third-order valence-corrected chi connectivity index (χ3v) is 5.00. The van der Waals surface area contributed by atoms with Crippen molar-refractivity contribution in [3.05, 3.63) is 35.9 Å². The van der Waals surface area contributed by atoms with Crippen molar-refractivity contribution in [3.63, 3.8) is 0 Å². The number of carbonyl (C=O) groups excluding carboxylic acids is 1. The van der Waals surface area contributed by atoms with Crippen LogP contribution in [0.2, 0.25) is 0 Å². The smallest absolute Gasteiger partial charge is 0.231 e. The molecular weight excluding hydrogens is 338 g/mol. The Hall–Kier alpha value is -2.52. The predicted molar refractivity (Wildman–Crippen MR) is 97.1 cm³/mol. The summed E-state index contributed by atoms with van der Waals surface area (Å²) in [4.78, 5) is 30.6.